The summed E-state index contributed by atoms with van der Waals surface area (Å²) in [5, 5.41) is 1.13. The summed E-state index contributed by atoms with van der Waals surface area (Å²) in [6, 6.07) is 4.99. The van der Waals surface area contributed by atoms with Gasteiger partial charge in [0.15, 0.2) is 5.78 Å². The van der Waals surface area contributed by atoms with E-state index in [1.807, 2.05) is 25.1 Å². The minimum Gasteiger partial charge on any atom is -0.496 e. The second kappa shape index (κ2) is 14.9. The lowest BCUT2D eigenvalue weighted by molar-refractivity contribution is -0.151. The number of ether oxygens (including phenoxy) is 3. The van der Waals surface area contributed by atoms with E-state index in [0.717, 1.165) is 67.0 Å². The molecule has 1 aromatic heterocycles. The number of hydrogen-bond acceptors (Lipinski definition) is 10. The van der Waals surface area contributed by atoms with Crippen molar-refractivity contribution >= 4 is 44.4 Å². The lowest BCUT2D eigenvalue weighted by Gasteiger charge is -2.31. The summed E-state index contributed by atoms with van der Waals surface area (Å²) in [6.07, 6.45) is 9.83. The van der Waals surface area contributed by atoms with E-state index in [-0.39, 0.29) is 55.9 Å². The number of methoxy groups -OCH3 is 1. The molecule has 4 bridgehead atoms. The lowest BCUT2D eigenvalue weighted by Crippen LogP contribution is -2.47. The molecule has 2 amide bonds. The SMILES string of the molecule is CC[C@H]1C[C@]1(CC(=O)[C@@H]1C[C@@H]2CN1C(=O)[C@H](C1CCCC1)CC(=O)OCCCCCc1cc3c(nccc3cc1OC)O2)C(=O)NS(=O)(=O)C1CC1. The summed E-state index contributed by atoms with van der Waals surface area (Å²) in [6.45, 7) is 2.31. The number of aromatic nitrogens is 1. The molecule has 5 atom stereocenters. The number of benzene rings is 1. The summed E-state index contributed by atoms with van der Waals surface area (Å²) in [4.78, 5) is 62.1. The summed E-state index contributed by atoms with van der Waals surface area (Å²) in [7, 11) is -2.16. The number of pyridine rings is 1. The molecule has 1 saturated heterocycles. The first kappa shape index (κ1) is 36.6. The van der Waals surface area contributed by atoms with Gasteiger partial charge in [-0.1, -0.05) is 26.2 Å². The van der Waals surface area contributed by atoms with Crippen LogP contribution in [0.3, 0.4) is 0 Å². The van der Waals surface area contributed by atoms with Gasteiger partial charge in [0.2, 0.25) is 27.7 Å². The minimum atomic E-state index is -3.80. The average Bonchev–Trinajstić information content (AvgIpc) is 4.00. The fraction of sp³-hybridized carbons (Fsp3) is 0.667. The number of nitrogens with one attached hydrogen (secondary N) is 1. The molecule has 3 saturated carbocycles. The molecule has 282 valence electrons. The second-order valence-corrected chi connectivity index (χ2v) is 17.6. The maximum atomic E-state index is 14.7. The number of aryl methyl sites for hydroxylation is 1. The highest BCUT2D eigenvalue weighted by molar-refractivity contribution is 7.90. The number of rotatable bonds is 9. The van der Waals surface area contributed by atoms with Gasteiger partial charge in [-0.2, -0.15) is 0 Å². The van der Waals surface area contributed by atoms with Crippen LogP contribution in [0.4, 0.5) is 0 Å². The predicted molar refractivity (Wildman–Crippen MR) is 192 cm³/mol. The van der Waals surface area contributed by atoms with Crippen LogP contribution in [0.15, 0.2) is 24.4 Å². The van der Waals surface area contributed by atoms with Gasteiger partial charge in [-0.05, 0) is 98.8 Å². The second-order valence-electron chi connectivity index (χ2n) is 15.7. The van der Waals surface area contributed by atoms with Crippen molar-refractivity contribution in [1.29, 1.82) is 0 Å². The first-order valence-electron chi connectivity index (χ1n) is 19.2. The molecule has 0 unspecified atom stereocenters. The highest BCUT2D eigenvalue weighted by Crippen LogP contribution is 2.58. The predicted octanol–water partition coefficient (Wildman–Crippen LogP) is 5.04. The quantitative estimate of drug-likeness (QED) is 0.346. The van der Waals surface area contributed by atoms with Crippen LogP contribution in [-0.4, -0.2) is 79.5 Å². The first-order valence-corrected chi connectivity index (χ1v) is 20.7. The molecule has 2 aliphatic heterocycles. The van der Waals surface area contributed by atoms with E-state index in [4.69, 9.17) is 14.2 Å². The zero-order chi connectivity index (χ0) is 36.6. The number of nitrogens with zero attached hydrogens (tertiary/aromatic N) is 2. The van der Waals surface area contributed by atoms with E-state index >= 15 is 0 Å². The van der Waals surface area contributed by atoms with E-state index in [0.29, 0.717) is 38.0 Å². The minimum absolute atomic E-state index is 0.00726. The summed E-state index contributed by atoms with van der Waals surface area (Å²) in [5.74, 6) is -1.24. The number of cyclic esters (lactones) is 1. The van der Waals surface area contributed by atoms with Crippen molar-refractivity contribution in [2.24, 2.45) is 23.2 Å². The van der Waals surface area contributed by atoms with E-state index in [1.165, 1.54) is 0 Å². The third kappa shape index (κ3) is 7.52. The molecular weight excluding hydrogens is 687 g/mol. The van der Waals surface area contributed by atoms with Gasteiger partial charge in [0.25, 0.3) is 0 Å². The van der Waals surface area contributed by atoms with Crippen molar-refractivity contribution in [3.05, 3.63) is 30.0 Å². The number of fused-ring (bicyclic) bond motifs is 3. The van der Waals surface area contributed by atoms with Crippen LogP contribution in [0.1, 0.15) is 102 Å². The molecule has 3 aliphatic carbocycles. The molecular formula is C39H51N3O9S. The summed E-state index contributed by atoms with van der Waals surface area (Å²) < 4.78 is 45.8. The number of carbonyl (C=O) groups excluding carboxylic acids is 4. The van der Waals surface area contributed by atoms with Crippen LogP contribution in [0.5, 0.6) is 11.6 Å². The number of amides is 2. The molecule has 1 aromatic carbocycles. The van der Waals surface area contributed by atoms with Crippen molar-refractivity contribution < 1.29 is 41.8 Å². The number of ketones is 1. The van der Waals surface area contributed by atoms with Gasteiger partial charge >= 0.3 is 5.97 Å². The van der Waals surface area contributed by atoms with Crippen LogP contribution in [0, 0.1) is 23.2 Å². The van der Waals surface area contributed by atoms with Crippen LogP contribution < -0.4 is 14.2 Å². The Labute approximate surface area is 305 Å². The van der Waals surface area contributed by atoms with Gasteiger partial charge < -0.3 is 19.1 Å². The molecule has 5 aliphatic rings. The molecule has 3 heterocycles. The molecule has 52 heavy (non-hydrogen) atoms. The van der Waals surface area contributed by atoms with Crippen LogP contribution >= 0.6 is 0 Å². The molecule has 1 N–H and O–H groups in total. The van der Waals surface area contributed by atoms with Crippen molar-refractivity contribution in [2.75, 3.05) is 20.3 Å². The topological polar surface area (TPSA) is 158 Å². The number of Topliss-reactive ketones (excluding diaryl/α,β-unsaturated/α-hetero) is 1. The zero-order valence-electron chi connectivity index (χ0n) is 30.3. The molecule has 0 radical (unpaired) electrons. The molecule has 2 aromatic rings. The molecule has 7 rings (SSSR count). The van der Waals surface area contributed by atoms with E-state index in [1.54, 1.807) is 18.2 Å². The van der Waals surface area contributed by atoms with Gasteiger partial charge in [-0.25, -0.2) is 13.4 Å². The first-order chi connectivity index (χ1) is 25.0. The van der Waals surface area contributed by atoms with Crippen molar-refractivity contribution in [3.8, 4) is 11.6 Å². The fourth-order valence-corrected chi connectivity index (χ4v) is 10.3. The smallest absolute Gasteiger partial charge is 0.306 e. The van der Waals surface area contributed by atoms with Crippen LogP contribution in [-0.2, 0) is 40.4 Å². The van der Waals surface area contributed by atoms with E-state index < -0.39 is 50.6 Å². The average molecular weight is 738 g/mol. The number of carbonyl (C=O) groups is 4. The third-order valence-electron chi connectivity index (χ3n) is 12.2. The molecule has 4 fully saturated rings. The Kier molecular flexibility index (Phi) is 10.5. The van der Waals surface area contributed by atoms with Crippen molar-refractivity contribution in [2.45, 2.75) is 121 Å². The largest absolute Gasteiger partial charge is 0.496 e. The summed E-state index contributed by atoms with van der Waals surface area (Å²) >= 11 is 0. The van der Waals surface area contributed by atoms with Crippen molar-refractivity contribution in [3.63, 3.8) is 0 Å². The van der Waals surface area contributed by atoms with Gasteiger partial charge in [0.1, 0.15) is 11.9 Å². The molecule has 0 spiro atoms. The van der Waals surface area contributed by atoms with E-state index in [2.05, 4.69) is 9.71 Å². The Morgan fingerprint density at radius 1 is 1.08 bits per heavy atom. The lowest BCUT2D eigenvalue weighted by atomic mass is 9.86. The van der Waals surface area contributed by atoms with Crippen molar-refractivity contribution in [1.82, 2.24) is 14.6 Å². The normalized spacial score (nSPS) is 28.9. The fourth-order valence-electron chi connectivity index (χ4n) is 8.95. The zero-order valence-corrected chi connectivity index (χ0v) is 31.1. The van der Waals surface area contributed by atoms with Crippen LogP contribution in [0.25, 0.3) is 10.8 Å². The number of sulfonamides is 1. The van der Waals surface area contributed by atoms with Gasteiger partial charge in [0.05, 0.1) is 49.3 Å². The van der Waals surface area contributed by atoms with E-state index in [9.17, 15) is 27.6 Å². The number of esters is 1. The van der Waals surface area contributed by atoms with Gasteiger partial charge in [-0.15, -0.1) is 0 Å². The standard InChI is InChI=1S/C39H51N3O9S/c1-3-27-21-39(27,38(46)41-52(47,48)29-12-13-29)22-33(43)32-19-28-23-42(32)37(45)31(24-9-6-7-10-24)20-35(44)50-16-8-4-5-11-26-17-30-25(18-34(26)49-2)14-15-40-36(30)51-28/h14-15,17-18,24,27-29,31-32H,3-13,16,19-23H2,1-2H3,(H,41,46)/t27-,28+,31-,32-,39+/m0/s1. The Hall–Kier alpha value is -3.74. The maximum absolute atomic E-state index is 14.7. The molecule has 12 nitrogen and oxygen atoms in total. The summed E-state index contributed by atoms with van der Waals surface area (Å²) in [5.41, 5.74) is -0.140. The highest BCUT2D eigenvalue weighted by Gasteiger charge is 2.61. The Bertz CT molecular complexity index is 1820. The Morgan fingerprint density at radius 3 is 2.58 bits per heavy atom. The molecule has 13 heteroatoms. The number of hydrogen-bond donors (Lipinski definition) is 1. The third-order valence-corrected chi connectivity index (χ3v) is 14.0. The Balaban J connectivity index is 1.21. The highest BCUT2D eigenvalue weighted by atomic mass is 32.2. The van der Waals surface area contributed by atoms with Crippen LogP contribution in [0.2, 0.25) is 0 Å². The monoisotopic (exact) mass is 737 g/mol. The maximum Gasteiger partial charge on any atom is 0.306 e. The van der Waals surface area contributed by atoms with Gasteiger partial charge in [0, 0.05) is 24.4 Å². The van der Waals surface area contributed by atoms with Gasteiger partial charge in [-0.3, -0.25) is 23.9 Å². The Morgan fingerprint density at radius 2 is 1.87 bits per heavy atom.